The van der Waals surface area contributed by atoms with E-state index in [9.17, 15) is 0 Å². The summed E-state index contributed by atoms with van der Waals surface area (Å²) in [5.74, 6) is 2.09. The molecule has 18 heavy (non-hydrogen) atoms. The van der Waals surface area contributed by atoms with E-state index in [1.807, 2.05) is 11.8 Å². The zero-order valence-corrected chi connectivity index (χ0v) is 12.4. The minimum absolute atomic E-state index is 0.770. The summed E-state index contributed by atoms with van der Waals surface area (Å²) in [5.41, 5.74) is 1.36. The van der Waals surface area contributed by atoms with Crippen molar-refractivity contribution < 1.29 is 0 Å². The van der Waals surface area contributed by atoms with Crippen molar-refractivity contribution in [2.75, 3.05) is 12.3 Å². The maximum atomic E-state index is 3.72. The van der Waals surface area contributed by atoms with E-state index in [1.165, 1.54) is 41.9 Å². The number of nitrogens with one attached hydrogen (secondary N) is 1. The molecule has 0 spiro atoms. The summed E-state index contributed by atoms with van der Waals surface area (Å²) in [6.07, 6.45) is 5.58. The SMILES string of the molecule is Cc1cccc(SCCNC2CCCC(C)C2)c1. The number of aryl methyl sites for hydroxylation is 1. The Morgan fingerprint density at radius 3 is 3.00 bits per heavy atom. The van der Waals surface area contributed by atoms with Crippen LogP contribution < -0.4 is 5.32 Å². The van der Waals surface area contributed by atoms with Gasteiger partial charge in [-0.1, -0.05) is 37.5 Å². The van der Waals surface area contributed by atoms with Crippen LogP contribution in [0.15, 0.2) is 29.2 Å². The Kier molecular flexibility index (Phi) is 5.58. The molecule has 0 heterocycles. The number of benzene rings is 1. The fourth-order valence-electron chi connectivity index (χ4n) is 2.76. The predicted molar refractivity (Wildman–Crippen MR) is 81.3 cm³/mol. The van der Waals surface area contributed by atoms with E-state index >= 15 is 0 Å². The molecule has 1 aromatic carbocycles. The molecule has 2 unspecified atom stereocenters. The Hall–Kier alpha value is -0.470. The molecule has 1 N–H and O–H groups in total. The van der Waals surface area contributed by atoms with Gasteiger partial charge in [0, 0.05) is 23.2 Å². The van der Waals surface area contributed by atoms with Crippen LogP contribution in [0, 0.1) is 12.8 Å². The summed E-state index contributed by atoms with van der Waals surface area (Å²) < 4.78 is 0. The van der Waals surface area contributed by atoms with Crippen LogP contribution in [-0.2, 0) is 0 Å². The molecule has 100 valence electrons. The maximum Gasteiger partial charge on any atom is 0.0106 e. The van der Waals surface area contributed by atoms with Gasteiger partial charge in [0.05, 0.1) is 0 Å². The second kappa shape index (κ2) is 7.20. The monoisotopic (exact) mass is 263 g/mol. The van der Waals surface area contributed by atoms with Gasteiger partial charge < -0.3 is 5.32 Å². The minimum Gasteiger partial charge on any atom is -0.313 e. The van der Waals surface area contributed by atoms with E-state index in [4.69, 9.17) is 0 Å². The van der Waals surface area contributed by atoms with E-state index in [0.29, 0.717) is 0 Å². The van der Waals surface area contributed by atoms with Crippen LogP contribution in [0.3, 0.4) is 0 Å². The van der Waals surface area contributed by atoms with Gasteiger partial charge in [0.15, 0.2) is 0 Å². The first kappa shape index (κ1) is 14.0. The molecule has 1 saturated carbocycles. The van der Waals surface area contributed by atoms with Crippen molar-refractivity contribution >= 4 is 11.8 Å². The molecular weight excluding hydrogens is 238 g/mol. The number of rotatable bonds is 5. The smallest absolute Gasteiger partial charge is 0.0106 e. The molecule has 0 radical (unpaired) electrons. The molecule has 2 rings (SSSR count). The lowest BCUT2D eigenvalue weighted by molar-refractivity contribution is 0.306. The third kappa shape index (κ3) is 4.66. The van der Waals surface area contributed by atoms with Gasteiger partial charge in [-0.25, -0.2) is 0 Å². The Balaban J connectivity index is 1.64. The predicted octanol–water partition coefficient (Wildman–Crippen LogP) is 4.26. The van der Waals surface area contributed by atoms with Gasteiger partial charge in [-0.15, -0.1) is 11.8 Å². The van der Waals surface area contributed by atoms with E-state index in [2.05, 4.69) is 43.4 Å². The summed E-state index contributed by atoms with van der Waals surface area (Å²) in [4.78, 5) is 1.40. The average molecular weight is 263 g/mol. The fourth-order valence-corrected chi connectivity index (χ4v) is 3.66. The van der Waals surface area contributed by atoms with Gasteiger partial charge in [-0.3, -0.25) is 0 Å². The molecule has 1 aromatic rings. The highest BCUT2D eigenvalue weighted by Gasteiger charge is 2.17. The molecular formula is C16H25NS. The van der Waals surface area contributed by atoms with Crippen LogP contribution in [0.4, 0.5) is 0 Å². The topological polar surface area (TPSA) is 12.0 Å². The minimum atomic E-state index is 0.770. The first-order valence-electron chi connectivity index (χ1n) is 7.17. The molecule has 1 aliphatic carbocycles. The summed E-state index contributed by atoms with van der Waals surface area (Å²) >= 11 is 1.96. The molecule has 1 aliphatic rings. The Labute approximate surface area is 116 Å². The normalized spacial score (nSPS) is 24.1. The molecule has 2 heteroatoms. The Bertz CT molecular complexity index is 364. The molecule has 0 bridgehead atoms. The molecule has 0 saturated heterocycles. The first-order valence-corrected chi connectivity index (χ1v) is 8.15. The highest BCUT2D eigenvalue weighted by Crippen LogP contribution is 2.23. The molecule has 2 atom stereocenters. The van der Waals surface area contributed by atoms with Crippen LogP contribution >= 0.6 is 11.8 Å². The largest absolute Gasteiger partial charge is 0.313 e. The molecule has 0 amide bonds. The van der Waals surface area contributed by atoms with Crippen molar-refractivity contribution in [3.05, 3.63) is 29.8 Å². The molecule has 0 aromatic heterocycles. The van der Waals surface area contributed by atoms with E-state index in [1.54, 1.807) is 0 Å². The van der Waals surface area contributed by atoms with Crippen molar-refractivity contribution in [3.63, 3.8) is 0 Å². The zero-order valence-electron chi connectivity index (χ0n) is 11.6. The van der Waals surface area contributed by atoms with E-state index < -0.39 is 0 Å². The van der Waals surface area contributed by atoms with Crippen LogP contribution in [-0.4, -0.2) is 18.3 Å². The standard InChI is InChI=1S/C16H25NS/c1-13-5-3-7-15(11-13)17-9-10-18-16-8-4-6-14(2)12-16/h4,6,8,12-13,15,17H,3,5,7,9-11H2,1-2H3. The summed E-state index contributed by atoms with van der Waals surface area (Å²) in [5, 5.41) is 3.72. The third-order valence-corrected chi connectivity index (χ3v) is 4.73. The Morgan fingerprint density at radius 1 is 1.33 bits per heavy atom. The van der Waals surface area contributed by atoms with E-state index in [0.717, 1.165) is 18.5 Å². The highest BCUT2D eigenvalue weighted by atomic mass is 32.2. The lowest BCUT2D eigenvalue weighted by Crippen LogP contribution is -2.34. The van der Waals surface area contributed by atoms with Gasteiger partial charge in [0.1, 0.15) is 0 Å². The number of thioether (sulfide) groups is 1. The van der Waals surface area contributed by atoms with Gasteiger partial charge >= 0.3 is 0 Å². The van der Waals surface area contributed by atoms with Crippen molar-refractivity contribution in [3.8, 4) is 0 Å². The lowest BCUT2D eigenvalue weighted by Gasteiger charge is -2.27. The van der Waals surface area contributed by atoms with Gasteiger partial charge in [0.25, 0.3) is 0 Å². The average Bonchev–Trinajstić information content (AvgIpc) is 2.35. The van der Waals surface area contributed by atoms with Crippen molar-refractivity contribution in [1.82, 2.24) is 5.32 Å². The van der Waals surface area contributed by atoms with Crippen molar-refractivity contribution in [2.24, 2.45) is 5.92 Å². The fraction of sp³-hybridized carbons (Fsp3) is 0.625. The summed E-state index contributed by atoms with van der Waals surface area (Å²) in [6, 6.07) is 9.56. The quantitative estimate of drug-likeness (QED) is 0.629. The molecule has 1 fully saturated rings. The van der Waals surface area contributed by atoms with Crippen LogP contribution in [0.25, 0.3) is 0 Å². The van der Waals surface area contributed by atoms with Gasteiger partial charge in [-0.05, 0) is 37.8 Å². The Morgan fingerprint density at radius 2 is 2.22 bits per heavy atom. The van der Waals surface area contributed by atoms with E-state index in [-0.39, 0.29) is 0 Å². The summed E-state index contributed by atoms with van der Waals surface area (Å²) in [6.45, 7) is 5.68. The molecule has 1 nitrogen and oxygen atoms in total. The van der Waals surface area contributed by atoms with Gasteiger partial charge in [0.2, 0.25) is 0 Å². The maximum absolute atomic E-state index is 3.72. The second-order valence-corrected chi connectivity index (χ2v) is 6.76. The molecule has 0 aliphatic heterocycles. The van der Waals surface area contributed by atoms with Crippen molar-refractivity contribution in [1.29, 1.82) is 0 Å². The highest BCUT2D eigenvalue weighted by molar-refractivity contribution is 7.99. The first-order chi connectivity index (χ1) is 8.74. The van der Waals surface area contributed by atoms with Crippen LogP contribution in [0.5, 0.6) is 0 Å². The lowest BCUT2D eigenvalue weighted by atomic mass is 9.87. The zero-order chi connectivity index (χ0) is 12.8. The third-order valence-electron chi connectivity index (χ3n) is 3.73. The second-order valence-electron chi connectivity index (χ2n) is 5.59. The van der Waals surface area contributed by atoms with Gasteiger partial charge in [-0.2, -0.15) is 0 Å². The summed E-state index contributed by atoms with van der Waals surface area (Å²) in [7, 11) is 0. The van der Waals surface area contributed by atoms with Crippen LogP contribution in [0.1, 0.15) is 38.2 Å². The number of hydrogen-bond donors (Lipinski definition) is 1. The van der Waals surface area contributed by atoms with Crippen molar-refractivity contribution in [2.45, 2.75) is 50.5 Å². The van der Waals surface area contributed by atoms with Crippen LogP contribution in [0.2, 0.25) is 0 Å². The number of hydrogen-bond acceptors (Lipinski definition) is 2.